The van der Waals surface area contributed by atoms with Gasteiger partial charge in [0.15, 0.2) is 12.2 Å². The van der Waals surface area contributed by atoms with Crippen LogP contribution < -0.4 is 0 Å². The van der Waals surface area contributed by atoms with Crippen LogP contribution in [0.2, 0.25) is 0 Å². The zero-order chi connectivity index (χ0) is 70.4. The number of rotatable bonds is 73. The van der Waals surface area contributed by atoms with E-state index in [0.29, 0.717) is 25.7 Å². The van der Waals surface area contributed by atoms with Gasteiger partial charge in [-0.05, 0) is 103 Å². The Morgan fingerprint density at radius 1 is 0.302 bits per heavy atom. The van der Waals surface area contributed by atoms with Crippen molar-refractivity contribution in [2.75, 3.05) is 39.6 Å². The molecule has 0 heterocycles. The van der Waals surface area contributed by atoms with Crippen LogP contribution in [0.1, 0.15) is 349 Å². The molecule has 19 heteroatoms. The Kier molecular flexibility index (Phi) is 67.8. The molecule has 0 aliphatic carbocycles. The van der Waals surface area contributed by atoms with Gasteiger partial charge in [-0.2, -0.15) is 0 Å². The third-order valence-electron chi connectivity index (χ3n) is 16.5. The zero-order valence-corrected chi connectivity index (χ0v) is 62.8. The van der Waals surface area contributed by atoms with Crippen molar-refractivity contribution in [1.29, 1.82) is 0 Å². The van der Waals surface area contributed by atoms with Gasteiger partial charge in [0.1, 0.15) is 19.3 Å². The van der Waals surface area contributed by atoms with E-state index < -0.39 is 97.5 Å². The van der Waals surface area contributed by atoms with Gasteiger partial charge in [-0.15, -0.1) is 0 Å². The number of allylic oxidation sites excluding steroid dienone is 10. The molecule has 0 aromatic heterocycles. The van der Waals surface area contributed by atoms with Crippen LogP contribution in [0.3, 0.4) is 0 Å². The summed E-state index contributed by atoms with van der Waals surface area (Å²) in [5, 5.41) is 10.6. The Bertz CT molecular complexity index is 2060. The van der Waals surface area contributed by atoms with Crippen LogP contribution in [0, 0.1) is 0 Å². The molecule has 5 unspecified atom stereocenters. The van der Waals surface area contributed by atoms with Crippen LogP contribution in [0.4, 0.5) is 0 Å². The summed E-state index contributed by atoms with van der Waals surface area (Å²) in [7, 11) is -9.94. The van der Waals surface area contributed by atoms with Crippen molar-refractivity contribution in [2.45, 2.75) is 367 Å². The van der Waals surface area contributed by atoms with Gasteiger partial charge < -0.3 is 33.8 Å². The standard InChI is InChI=1S/C77H140O17P2/c1-5-9-13-17-21-25-29-32-34-35-37-40-43-46-50-54-58-62-75(80)88-68-73(94-77(82)64-60-56-52-48-44-38-31-27-23-19-15-11-7-3)70-92-96(85,86)90-66-71(78)65-89-95(83,84)91-69-72(93-76(81)63-59-55-51-47-41-28-24-20-16-12-8-4)67-87-74(79)61-57-53-49-45-42-39-36-33-30-26-22-18-14-10-6-2/h9,13,20-21,24-25,27,31-32,34,71-73,78H,5-8,10-12,14-19,22-23,26,28-30,33,35-70H2,1-4H3,(H,83,84)(H,85,86)/b13-9-,24-20-,25-21-,31-27-,34-32-. The van der Waals surface area contributed by atoms with Gasteiger partial charge in [0.2, 0.25) is 0 Å². The summed E-state index contributed by atoms with van der Waals surface area (Å²) in [4.78, 5) is 72.8. The number of phosphoric acid groups is 2. The maximum absolute atomic E-state index is 13.1. The van der Waals surface area contributed by atoms with E-state index in [1.54, 1.807) is 0 Å². The Morgan fingerprint density at radius 2 is 0.552 bits per heavy atom. The SMILES string of the molecule is CC/C=C\C/C=C\C/C=C\CCCCCCCCCC(=O)OCC(COP(=O)(O)OCC(O)COP(=O)(O)OCC(COC(=O)CCCCCCCCCCCCCCCCC)OC(=O)CCCCCCC/C=C\CCCC)OC(=O)CCCCCCC/C=C\CCCCCC. The third kappa shape index (κ3) is 69.2. The highest BCUT2D eigenvalue weighted by Gasteiger charge is 2.30. The molecule has 0 amide bonds. The van der Waals surface area contributed by atoms with E-state index in [2.05, 4.69) is 88.5 Å². The van der Waals surface area contributed by atoms with Crippen molar-refractivity contribution in [1.82, 2.24) is 0 Å². The Labute approximate surface area is 584 Å². The molecular weight excluding hydrogens is 1260 g/mol. The molecule has 0 fully saturated rings. The number of hydrogen-bond acceptors (Lipinski definition) is 15. The fourth-order valence-electron chi connectivity index (χ4n) is 10.6. The maximum atomic E-state index is 13.1. The van der Waals surface area contributed by atoms with Crippen molar-refractivity contribution in [3.05, 3.63) is 60.8 Å². The first-order valence-corrected chi connectivity index (χ1v) is 41.5. The summed E-state index contributed by atoms with van der Waals surface area (Å²) < 4.78 is 68.4. The quantitative estimate of drug-likeness (QED) is 0.0169. The van der Waals surface area contributed by atoms with E-state index in [9.17, 15) is 43.2 Å². The average Bonchev–Trinajstić information content (AvgIpc) is 1.17. The van der Waals surface area contributed by atoms with Crippen molar-refractivity contribution < 1.29 is 80.2 Å². The number of carbonyl (C=O) groups excluding carboxylic acids is 4. The van der Waals surface area contributed by atoms with Gasteiger partial charge >= 0.3 is 39.5 Å². The topological polar surface area (TPSA) is 237 Å². The van der Waals surface area contributed by atoms with Crippen molar-refractivity contribution in [2.24, 2.45) is 0 Å². The van der Waals surface area contributed by atoms with E-state index >= 15 is 0 Å². The Hall–Kier alpha value is -3.24. The number of unbranched alkanes of at least 4 members (excludes halogenated alkanes) is 37. The lowest BCUT2D eigenvalue weighted by molar-refractivity contribution is -0.161. The highest BCUT2D eigenvalue weighted by molar-refractivity contribution is 7.47. The molecule has 560 valence electrons. The first kappa shape index (κ1) is 92.8. The lowest BCUT2D eigenvalue weighted by atomic mass is 10.0. The molecule has 5 atom stereocenters. The van der Waals surface area contributed by atoms with Gasteiger partial charge in [0, 0.05) is 25.7 Å². The number of hydrogen-bond donors (Lipinski definition) is 3. The first-order valence-electron chi connectivity index (χ1n) is 38.5. The summed E-state index contributed by atoms with van der Waals surface area (Å²) in [5.74, 6) is -2.17. The Balaban J connectivity index is 5.28. The summed E-state index contributed by atoms with van der Waals surface area (Å²) in [6.45, 7) is 4.73. The van der Waals surface area contributed by atoms with Gasteiger partial charge in [-0.25, -0.2) is 9.13 Å². The minimum Gasteiger partial charge on any atom is -0.462 e. The summed E-state index contributed by atoms with van der Waals surface area (Å²) in [5.41, 5.74) is 0. The van der Waals surface area contributed by atoms with E-state index in [0.717, 1.165) is 161 Å². The number of esters is 4. The van der Waals surface area contributed by atoms with Crippen LogP contribution in [0.25, 0.3) is 0 Å². The third-order valence-corrected chi connectivity index (χ3v) is 18.4. The molecule has 0 spiro atoms. The highest BCUT2D eigenvalue weighted by Crippen LogP contribution is 2.45. The number of aliphatic hydroxyl groups excluding tert-OH is 1. The van der Waals surface area contributed by atoms with Crippen LogP contribution >= 0.6 is 15.6 Å². The van der Waals surface area contributed by atoms with E-state index in [4.69, 9.17) is 37.0 Å². The van der Waals surface area contributed by atoms with Crippen LogP contribution in [-0.2, 0) is 65.4 Å². The fourth-order valence-corrected chi connectivity index (χ4v) is 12.1. The minimum absolute atomic E-state index is 0.0860. The molecule has 3 N–H and O–H groups in total. The van der Waals surface area contributed by atoms with Crippen LogP contribution in [-0.4, -0.2) is 96.7 Å². The van der Waals surface area contributed by atoms with Gasteiger partial charge in [-0.1, -0.05) is 281 Å². The van der Waals surface area contributed by atoms with Crippen molar-refractivity contribution in [3.8, 4) is 0 Å². The van der Waals surface area contributed by atoms with E-state index in [-0.39, 0.29) is 25.7 Å². The minimum atomic E-state index is -4.97. The second-order valence-electron chi connectivity index (χ2n) is 25.9. The predicted octanol–water partition coefficient (Wildman–Crippen LogP) is 21.9. The monoisotopic (exact) mass is 1400 g/mol. The summed E-state index contributed by atoms with van der Waals surface area (Å²) in [6.07, 6.45) is 67.8. The van der Waals surface area contributed by atoms with Crippen LogP contribution in [0.15, 0.2) is 60.8 Å². The molecule has 0 aliphatic rings. The van der Waals surface area contributed by atoms with Gasteiger partial charge in [-0.3, -0.25) is 37.3 Å². The molecule has 0 aromatic rings. The zero-order valence-electron chi connectivity index (χ0n) is 61.1. The maximum Gasteiger partial charge on any atom is 0.472 e. The normalized spacial score (nSPS) is 14.3. The smallest absolute Gasteiger partial charge is 0.462 e. The fraction of sp³-hybridized carbons (Fsp3) is 0.818. The van der Waals surface area contributed by atoms with Crippen molar-refractivity contribution in [3.63, 3.8) is 0 Å². The Morgan fingerprint density at radius 3 is 0.885 bits per heavy atom. The van der Waals surface area contributed by atoms with Gasteiger partial charge in [0.05, 0.1) is 26.4 Å². The van der Waals surface area contributed by atoms with E-state index in [1.807, 2.05) is 0 Å². The molecular formula is C77H140O17P2. The molecule has 0 saturated heterocycles. The highest BCUT2D eigenvalue weighted by atomic mass is 31.2. The lowest BCUT2D eigenvalue weighted by Crippen LogP contribution is -2.30. The molecule has 96 heavy (non-hydrogen) atoms. The van der Waals surface area contributed by atoms with Crippen LogP contribution in [0.5, 0.6) is 0 Å². The van der Waals surface area contributed by atoms with Crippen molar-refractivity contribution >= 4 is 39.5 Å². The molecule has 0 aliphatic heterocycles. The first-order chi connectivity index (χ1) is 46.7. The van der Waals surface area contributed by atoms with E-state index in [1.165, 1.54) is 109 Å². The average molecular weight is 1400 g/mol. The molecule has 17 nitrogen and oxygen atoms in total. The molecule has 0 aromatic carbocycles. The molecule has 0 saturated carbocycles. The number of aliphatic hydroxyl groups is 1. The summed E-state index contributed by atoms with van der Waals surface area (Å²) in [6, 6.07) is 0. The summed E-state index contributed by atoms with van der Waals surface area (Å²) >= 11 is 0. The number of ether oxygens (including phenoxy) is 4. The molecule has 0 radical (unpaired) electrons. The van der Waals surface area contributed by atoms with Gasteiger partial charge in [0.25, 0.3) is 0 Å². The second kappa shape index (κ2) is 70.2. The number of carbonyl (C=O) groups is 4. The second-order valence-corrected chi connectivity index (χ2v) is 28.8. The predicted molar refractivity (Wildman–Crippen MR) is 390 cm³/mol. The molecule has 0 bridgehead atoms. The molecule has 0 rings (SSSR count). The lowest BCUT2D eigenvalue weighted by Gasteiger charge is -2.21. The largest absolute Gasteiger partial charge is 0.472 e. The number of phosphoric ester groups is 2.